The maximum atomic E-state index is 12.5. The van der Waals surface area contributed by atoms with Gasteiger partial charge in [-0.15, -0.1) is 0 Å². The smallest absolute Gasteiger partial charge is 0.465 e. The van der Waals surface area contributed by atoms with Crippen LogP contribution in [-0.2, 0) is 14.0 Å². The van der Waals surface area contributed by atoms with Gasteiger partial charge in [-0.05, 0) is 52.2 Å². The van der Waals surface area contributed by atoms with Crippen molar-refractivity contribution in [3.8, 4) is 0 Å². The van der Waals surface area contributed by atoms with Crippen LogP contribution >= 0.6 is 11.3 Å². The summed E-state index contributed by atoms with van der Waals surface area (Å²) in [5.41, 5.74) is 0.978. The summed E-state index contributed by atoms with van der Waals surface area (Å²) in [5, 5.41) is 3.06. The highest BCUT2D eigenvalue weighted by Gasteiger charge is 2.51. The zero-order valence-corrected chi connectivity index (χ0v) is 17.6. The molecular formula is C19H23BN2O5S. The van der Waals surface area contributed by atoms with Crippen molar-refractivity contribution < 1.29 is 23.6 Å². The fraction of sp³-hybridized carbons (Fsp3) is 0.421. The molecule has 1 aliphatic heterocycles. The second-order valence-corrected chi connectivity index (χ2v) is 8.59. The van der Waals surface area contributed by atoms with E-state index in [-0.39, 0.29) is 5.91 Å². The number of aromatic nitrogens is 1. The minimum Gasteiger partial charge on any atom is -0.465 e. The highest BCUT2D eigenvalue weighted by molar-refractivity contribution is 7.17. The molecule has 1 aromatic carbocycles. The number of hydrogen-bond acceptors (Lipinski definition) is 7. The third-order valence-corrected chi connectivity index (χ3v) is 6.14. The Morgan fingerprint density at radius 1 is 1.11 bits per heavy atom. The number of anilines is 1. The maximum absolute atomic E-state index is 12.5. The number of carbonyl (C=O) groups is 2. The first-order chi connectivity index (χ1) is 13.0. The number of aryl methyl sites for hydroxylation is 1. The van der Waals surface area contributed by atoms with Gasteiger partial charge in [0, 0.05) is 5.56 Å². The molecule has 0 spiro atoms. The number of ether oxygens (including phenoxy) is 1. The fourth-order valence-electron chi connectivity index (χ4n) is 2.67. The first-order valence-electron chi connectivity index (χ1n) is 8.87. The standard InChI is InChI=1S/C19H23BN2O5S/c1-11-14(16(24)25-6)28-17(21-11)22-15(23)12-7-9-13(10-8-12)20-26-18(2,3)19(4,5)27-20/h7-10H,1-6H3,(H,21,22,23). The van der Waals surface area contributed by atoms with Gasteiger partial charge in [0.05, 0.1) is 24.0 Å². The minimum absolute atomic E-state index is 0.314. The molecule has 1 fully saturated rings. The van der Waals surface area contributed by atoms with Crippen LogP contribution in [0.4, 0.5) is 5.13 Å². The highest BCUT2D eigenvalue weighted by atomic mass is 32.1. The molecule has 0 unspecified atom stereocenters. The Hall–Kier alpha value is -2.23. The molecule has 0 aliphatic carbocycles. The predicted molar refractivity (Wildman–Crippen MR) is 108 cm³/mol. The number of carbonyl (C=O) groups excluding carboxylic acids is 2. The van der Waals surface area contributed by atoms with Gasteiger partial charge in [0.25, 0.3) is 5.91 Å². The number of hydrogen-bond donors (Lipinski definition) is 1. The third-order valence-electron chi connectivity index (χ3n) is 5.09. The first kappa shape index (κ1) is 20.5. The van der Waals surface area contributed by atoms with E-state index in [0.717, 1.165) is 16.8 Å². The van der Waals surface area contributed by atoms with Crippen molar-refractivity contribution >= 4 is 40.9 Å². The largest absolute Gasteiger partial charge is 0.494 e. The second kappa shape index (κ2) is 7.31. The summed E-state index contributed by atoms with van der Waals surface area (Å²) in [7, 11) is 0.827. The van der Waals surface area contributed by atoms with Gasteiger partial charge in [0.1, 0.15) is 4.88 Å². The molecule has 2 heterocycles. The van der Waals surface area contributed by atoms with Crippen molar-refractivity contribution in [3.63, 3.8) is 0 Å². The number of nitrogens with zero attached hydrogens (tertiary/aromatic N) is 1. The molecule has 9 heteroatoms. The summed E-state index contributed by atoms with van der Waals surface area (Å²) < 4.78 is 16.7. The Bertz CT molecular complexity index is 892. The number of thiazole rings is 1. The van der Waals surface area contributed by atoms with E-state index in [9.17, 15) is 9.59 Å². The van der Waals surface area contributed by atoms with Gasteiger partial charge < -0.3 is 14.0 Å². The summed E-state index contributed by atoms with van der Waals surface area (Å²) in [5.74, 6) is -0.784. The van der Waals surface area contributed by atoms with Crippen LogP contribution in [-0.4, -0.2) is 42.3 Å². The van der Waals surface area contributed by atoms with Crippen molar-refractivity contribution in [2.75, 3.05) is 12.4 Å². The molecule has 0 bridgehead atoms. The molecule has 7 nitrogen and oxygen atoms in total. The van der Waals surface area contributed by atoms with Gasteiger partial charge in [0.2, 0.25) is 0 Å². The Morgan fingerprint density at radius 2 is 1.68 bits per heavy atom. The number of amides is 1. The molecule has 0 atom stereocenters. The SMILES string of the molecule is COC(=O)c1sc(NC(=O)c2ccc(B3OC(C)(C)C(C)(C)O3)cc2)nc1C. The molecule has 3 rings (SSSR count). The van der Waals surface area contributed by atoms with E-state index in [1.54, 1.807) is 19.1 Å². The van der Waals surface area contributed by atoms with Crippen LogP contribution < -0.4 is 10.8 Å². The molecule has 1 amide bonds. The van der Waals surface area contributed by atoms with Crippen molar-refractivity contribution in [3.05, 3.63) is 40.4 Å². The third kappa shape index (κ3) is 3.83. The Labute approximate surface area is 168 Å². The van der Waals surface area contributed by atoms with Gasteiger partial charge in [0.15, 0.2) is 5.13 Å². The van der Waals surface area contributed by atoms with Gasteiger partial charge in [-0.3, -0.25) is 10.1 Å². The molecule has 1 aromatic heterocycles. The van der Waals surface area contributed by atoms with E-state index in [2.05, 4.69) is 10.3 Å². The topological polar surface area (TPSA) is 86.8 Å². The van der Waals surface area contributed by atoms with Crippen LogP contribution in [0.5, 0.6) is 0 Å². The van der Waals surface area contributed by atoms with Crippen molar-refractivity contribution in [1.29, 1.82) is 0 Å². The normalized spacial score (nSPS) is 17.4. The summed E-state index contributed by atoms with van der Waals surface area (Å²) in [6.45, 7) is 9.67. The highest BCUT2D eigenvalue weighted by Crippen LogP contribution is 2.36. The number of esters is 1. The average molecular weight is 402 g/mol. The lowest BCUT2D eigenvalue weighted by Gasteiger charge is -2.32. The summed E-state index contributed by atoms with van der Waals surface area (Å²) in [4.78, 5) is 28.7. The van der Waals surface area contributed by atoms with Crippen molar-refractivity contribution in [1.82, 2.24) is 4.98 Å². The van der Waals surface area contributed by atoms with Gasteiger partial charge in [-0.25, -0.2) is 9.78 Å². The van der Waals surface area contributed by atoms with Crippen LogP contribution in [0.15, 0.2) is 24.3 Å². The fourth-order valence-corrected chi connectivity index (χ4v) is 3.55. The molecule has 1 saturated heterocycles. The van der Waals surface area contributed by atoms with E-state index in [1.807, 2.05) is 39.8 Å². The summed E-state index contributed by atoms with van der Waals surface area (Å²) >= 11 is 1.08. The van der Waals surface area contributed by atoms with Crippen LogP contribution in [0.2, 0.25) is 0 Å². The number of benzene rings is 1. The van der Waals surface area contributed by atoms with Gasteiger partial charge in [-0.1, -0.05) is 23.5 Å². The monoisotopic (exact) mass is 402 g/mol. The number of rotatable bonds is 4. The Kier molecular flexibility index (Phi) is 5.35. The minimum atomic E-state index is -0.480. The van der Waals surface area contributed by atoms with Gasteiger partial charge in [-0.2, -0.15) is 0 Å². The average Bonchev–Trinajstić information content (AvgIpc) is 3.10. The molecule has 0 radical (unpaired) electrons. The Morgan fingerprint density at radius 3 is 2.21 bits per heavy atom. The number of nitrogens with one attached hydrogen (secondary N) is 1. The number of methoxy groups -OCH3 is 1. The zero-order chi connectivity index (χ0) is 20.7. The van der Waals surface area contributed by atoms with E-state index < -0.39 is 24.3 Å². The van der Waals surface area contributed by atoms with Crippen LogP contribution in [0, 0.1) is 6.92 Å². The molecular weight excluding hydrogens is 379 g/mol. The molecule has 1 N–H and O–H groups in total. The van der Waals surface area contributed by atoms with Crippen LogP contribution in [0.1, 0.15) is 53.4 Å². The quantitative estimate of drug-likeness (QED) is 0.625. The molecule has 28 heavy (non-hydrogen) atoms. The lowest BCUT2D eigenvalue weighted by atomic mass is 9.79. The molecule has 0 saturated carbocycles. The lowest BCUT2D eigenvalue weighted by molar-refractivity contribution is 0.00578. The van der Waals surface area contributed by atoms with E-state index >= 15 is 0 Å². The van der Waals surface area contributed by atoms with Gasteiger partial charge >= 0.3 is 13.1 Å². The molecule has 1 aliphatic rings. The summed E-state index contributed by atoms with van der Waals surface area (Å²) in [6.07, 6.45) is 0. The van der Waals surface area contributed by atoms with E-state index in [1.165, 1.54) is 7.11 Å². The van der Waals surface area contributed by atoms with E-state index in [0.29, 0.717) is 21.3 Å². The van der Waals surface area contributed by atoms with E-state index in [4.69, 9.17) is 14.0 Å². The molecule has 2 aromatic rings. The van der Waals surface area contributed by atoms with Crippen molar-refractivity contribution in [2.45, 2.75) is 45.8 Å². The summed E-state index contributed by atoms with van der Waals surface area (Å²) in [6, 6.07) is 7.03. The predicted octanol–water partition coefficient (Wildman–Crippen LogP) is 2.79. The zero-order valence-electron chi connectivity index (χ0n) is 16.8. The van der Waals surface area contributed by atoms with Crippen molar-refractivity contribution in [2.24, 2.45) is 0 Å². The van der Waals surface area contributed by atoms with Crippen LogP contribution in [0.25, 0.3) is 0 Å². The first-order valence-corrected chi connectivity index (χ1v) is 9.68. The van der Waals surface area contributed by atoms with Crippen LogP contribution in [0.3, 0.4) is 0 Å². The lowest BCUT2D eigenvalue weighted by Crippen LogP contribution is -2.41. The Balaban J connectivity index is 1.70. The molecule has 148 valence electrons. The second-order valence-electron chi connectivity index (χ2n) is 7.59. The maximum Gasteiger partial charge on any atom is 0.494 e.